The Hall–Kier alpha value is -1.91. The minimum absolute atomic E-state index is 0.110. The topological polar surface area (TPSA) is 72.2 Å². The molecule has 5 heteroatoms. The molecule has 0 fully saturated rings. The highest BCUT2D eigenvalue weighted by atomic mass is 16.6. The van der Waals surface area contributed by atoms with Crippen LogP contribution in [0.1, 0.15) is 35.7 Å². The van der Waals surface area contributed by atoms with E-state index < -0.39 is 4.92 Å². The van der Waals surface area contributed by atoms with Gasteiger partial charge in [-0.15, -0.1) is 0 Å². The Morgan fingerprint density at radius 3 is 2.76 bits per heavy atom. The van der Waals surface area contributed by atoms with Gasteiger partial charge in [-0.1, -0.05) is 25.5 Å². The lowest BCUT2D eigenvalue weighted by Gasteiger charge is -2.06. The second kappa shape index (κ2) is 5.98. The molecule has 0 atom stereocenters. The standard InChI is InChI=1S/C12H16N2O3/c1-3-4-8-13-12(15)10-7-5-6-9(2)11(10)14(16)17/h5-7H,3-4,8H2,1-2H3,(H,13,15). The van der Waals surface area contributed by atoms with Crippen molar-refractivity contribution in [1.82, 2.24) is 5.32 Å². The van der Waals surface area contributed by atoms with Crippen molar-refractivity contribution in [2.45, 2.75) is 26.7 Å². The quantitative estimate of drug-likeness (QED) is 0.485. The summed E-state index contributed by atoms with van der Waals surface area (Å²) in [5.74, 6) is -0.381. The van der Waals surface area contributed by atoms with Crippen molar-refractivity contribution in [3.63, 3.8) is 0 Å². The maximum absolute atomic E-state index is 11.8. The van der Waals surface area contributed by atoms with Crippen LogP contribution in [0.4, 0.5) is 5.69 Å². The lowest BCUT2D eigenvalue weighted by Crippen LogP contribution is -2.25. The number of nitrogens with zero attached hydrogens (tertiary/aromatic N) is 1. The van der Waals surface area contributed by atoms with E-state index in [0.717, 1.165) is 12.8 Å². The average molecular weight is 236 g/mol. The van der Waals surface area contributed by atoms with Crippen LogP contribution in [-0.2, 0) is 0 Å². The molecule has 1 rings (SSSR count). The Labute approximate surface area is 100.0 Å². The summed E-state index contributed by atoms with van der Waals surface area (Å²) in [7, 11) is 0. The minimum Gasteiger partial charge on any atom is -0.352 e. The average Bonchev–Trinajstić information content (AvgIpc) is 2.28. The van der Waals surface area contributed by atoms with E-state index in [4.69, 9.17) is 0 Å². The second-order valence-electron chi connectivity index (χ2n) is 3.84. The van der Waals surface area contributed by atoms with Crippen molar-refractivity contribution in [3.8, 4) is 0 Å². The van der Waals surface area contributed by atoms with Gasteiger partial charge in [-0.3, -0.25) is 14.9 Å². The Bertz CT molecular complexity index is 430. The summed E-state index contributed by atoms with van der Waals surface area (Å²) >= 11 is 0. The smallest absolute Gasteiger partial charge is 0.285 e. The van der Waals surface area contributed by atoms with Crippen molar-refractivity contribution in [3.05, 3.63) is 39.4 Å². The van der Waals surface area contributed by atoms with Gasteiger partial charge in [-0.2, -0.15) is 0 Å². The van der Waals surface area contributed by atoms with Crippen LogP contribution in [0.15, 0.2) is 18.2 Å². The Balaban J connectivity index is 2.93. The molecule has 1 aromatic rings. The lowest BCUT2D eigenvalue weighted by atomic mass is 10.1. The van der Waals surface area contributed by atoms with Gasteiger partial charge in [0.25, 0.3) is 11.6 Å². The van der Waals surface area contributed by atoms with Crippen LogP contribution >= 0.6 is 0 Å². The highest BCUT2D eigenvalue weighted by molar-refractivity contribution is 5.98. The largest absolute Gasteiger partial charge is 0.352 e. The normalized spacial score (nSPS) is 10.0. The summed E-state index contributed by atoms with van der Waals surface area (Å²) in [6, 6.07) is 4.75. The van der Waals surface area contributed by atoms with Gasteiger partial charge in [0, 0.05) is 12.1 Å². The maximum Gasteiger partial charge on any atom is 0.285 e. The molecule has 1 aromatic carbocycles. The van der Waals surface area contributed by atoms with Crippen LogP contribution in [0, 0.1) is 17.0 Å². The van der Waals surface area contributed by atoms with Gasteiger partial charge in [-0.05, 0) is 19.4 Å². The molecule has 0 heterocycles. The fourth-order valence-electron chi connectivity index (χ4n) is 1.56. The van der Waals surface area contributed by atoms with Gasteiger partial charge >= 0.3 is 0 Å². The highest BCUT2D eigenvalue weighted by Crippen LogP contribution is 2.22. The molecule has 0 saturated carbocycles. The van der Waals surface area contributed by atoms with Crippen molar-refractivity contribution < 1.29 is 9.72 Å². The van der Waals surface area contributed by atoms with Crippen LogP contribution in [0.5, 0.6) is 0 Å². The fraction of sp³-hybridized carbons (Fsp3) is 0.417. The van der Waals surface area contributed by atoms with Crippen LogP contribution in [0.25, 0.3) is 0 Å². The van der Waals surface area contributed by atoms with Gasteiger partial charge in [0.05, 0.1) is 4.92 Å². The van der Waals surface area contributed by atoms with E-state index in [-0.39, 0.29) is 17.2 Å². The van der Waals surface area contributed by atoms with Crippen LogP contribution < -0.4 is 5.32 Å². The van der Waals surface area contributed by atoms with Crippen molar-refractivity contribution in [2.24, 2.45) is 0 Å². The summed E-state index contributed by atoms with van der Waals surface area (Å²) in [5, 5.41) is 13.6. The molecule has 1 N–H and O–H groups in total. The first-order valence-electron chi connectivity index (χ1n) is 5.60. The molecule has 0 aliphatic carbocycles. The third-order valence-electron chi connectivity index (χ3n) is 2.48. The van der Waals surface area contributed by atoms with Crippen LogP contribution in [0.3, 0.4) is 0 Å². The minimum atomic E-state index is -0.510. The molecular formula is C12H16N2O3. The van der Waals surface area contributed by atoms with Crippen molar-refractivity contribution >= 4 is 11.6 Å². The summed E-state index contributed by atoms with van der Waals surface area (Å²) in [6.07, 6.45) is 1.83. The first-order chi connectivity index (χ1) is 8.07. The van der Waals surface area contributed by atoms with E-state index >= 15 is 0 Å². The third kappa shape index (κ3) is 3.27. The van der Waals surface area contributed by atoms with Gasteiger partial charge in [0.2, 0.25) is 0 Å². The number of hydrogen-bond donors (Lipinski definition) is 1. The number of nitro benzene ring substituents is 1. The Kier molecular flexibility index (Phi) is 4.63. The molecule has 92 valence electrons. The van der Waals surface area contributed by atoms with Crippen molar-refractivity contribution in [1.29, 1.82) is 0 Å². The predicted octanol–water partition coefficient (Wildman–Crippen LogP) is 2.43. The number of rotatable bonds is 5. The van der Waals surface area contributed by atoms with Crippen LogP contribution in [-0.4, -0.2) is 17.4 Å². The zero-order valence-corrected chi connectivity index (χ0v) is 10.0. The monoisotopic (exact) mass is 236 g/mol. The fourth-order valence-corrected chi connectivity index (χ4v) is 1.56. The molecule has 0 spiro atoms. The molecule has 0 bridgehead atoms. The number of carbonyl (C=O) groups is 1. The highest BCUT2D eigenvalue weighted by Gasteiger charge is 2.21. The molecular weight excluding hydrogens is 220 g/mol. The molecule has 0 unspecified atom stereocenters. The number of nitrogens with one attached hydrogen (secondary N) is 1. The van der Waals surface area contributed by atoms with Crippen LogP contribution in [0.2, 0.25) is 0 Å². The van der Waals surface area contributed by atoms with E-state index in [0.29, 0.717) is 12.1 Å². The van der Waals surface area contributed by atoms with Gasteiger partial charge in [0.1, 0.15) is 5.56 Å². The van der Waals surface area contributed by atoms with E-state index in [1.807, 2.05) is 6.92 Å². The van der Waals surface area contributed by atoms with E-state index in [1.54, 1.807) is 19.1 Å². The Morgan fingerprint density at radius 2 is 2.18 bits per heavy atom. The summed E-state index contributed by atoms with van der Waals surface area (Å²) in [6.45, 7) is 4.18. The molecule has 1 amide bonds. The molecule has 17 heavy (non-hydrogen) atoms. The summed E-state index contributed by atoms with van der Waals surface area (Å²) in [5.41, 5.74) is 0.519. The molecule has 0 saturated heterocycles. The molecule has 0 aliphatic heterocycles. The summed E-state index contributed by atoms with van der Waals surface area (Å²) in [4.78, 5) is 22.2. The third-order valence-corrected chi connectivity index (χ3v) is 2.48. The van der Waals surface area contributed by atoms with E-state index in [9.17, 15) is 14.9 Å². The first-order valence-corrected chi connectivity index (χ1v) is 5.60. The van der Waals surface area contributed by atoms with E-state index in [1.165, 1.54) is 6.07 Å². The number of benzene rings is 1. The number of amides is 1. The SMILES string of the molecule is CCCCNC(=O)c1cccc(C)c1[N+](=O)[O-]. The maximum atomic E-state index is 11.8. The zero-order chi connectivity index (χ0) is 12.8. The molecule has 0 aliphatic rings. The zero-order valence-electron chi connectivity index (χ0n) is 10.0. The number of aryl methyl sites for hydroxylation is 1. The number of hydrogen-bond acceptors (Lipinski definition) is 3. The molecule has 5 nitrogen and oxygen atoms in total. The second-order valence-corrected chi connectivity index (χ2v) is 3.84. The van der Waals surface area contributed by atoms with Crippen molar-refractivity contribution in [2.75, 3.05) is 6.54 Å². The number of nitro groups is 1. The number of unbranched alkanes of at least 4 members (excludes halogenated alkanes) is 1. The number of carbonyl (C=O) groups excluding carboxylic acids is 1. The summed E-state index contributed by atoms with van der Waals surface area (Å²) < 4.78 is 0. The predicted molar refractivity (Wildman–Crippen MR) is 65.1 cm³/mol. The Morgan fingerprint density at radius 1 is 1.47 bits per heavy atom. The molecule has 0 radical (unpaired) electrons. The van der Waals surface area contributed by atoms with Gasteiger partial charge < -0.3 is 5.32 Å². The van der Waals surface area contributed by atoms with Gasteiger partial charge in [-0.25, -0.2) is 0 Å². The first kappa shape index (κ1) is 13.2. The molecule has 0 aromatic heterocycles. The van der Waals surface area contributed by atoms with Gasteiger partial charge in [0.15, 0.2) is 0 Å². The lowest BCUT2D eigenvalue weighted by molar-refractivity contribution is -0.385. The van der Waals surface area contributed by atoms with E-state index in [2.05, 4.69) is 5.32 Å². The number of para-hydroxylation sites is 1.